The van der Waals surface area contributed by atoms with E-state index >= 15 is 0 Å². The van der Waals surface area contributed by atoms with E-state index in [2.05, 4.69) is 10.9 Å². The Kier molecular flexibility index (Phi) is 6.01. The first-order valence-corrected chi connectivity index (χ1v) is 9.25. The molecule has 0 spiro atoms. The second-order valence-corrected chi connectivity index (χ2v) is 7.29. The summed E-state index contributed by atoms with van der Waals surface area (Å²) in [5, 5.41) is 0. The maximum Gasteiger partial charge on any atom is 0.234 e. The van der Waals surface area contributed by atoms with E-state index in [0.717, 1.165) is 11.1 Å². The van der Waals surface area contributed by atoms with Crippen LogP contribution in [0.25, 0.3) is 6.08 Å². The van der Waals surface area contributed by atoms with Crippen LogP contribution in [0.1, 0.15) is 25.8 Å². The topological polar surface area (TPSA) is 76.7 Å². The molecule has 3 unspecified atom stereocenters. The number of rotatable bonds is 5. The molecule has 1 heterocycles. The van der Waals surface area contributed by atoms with E-state index < -0.39 is 10.8 Å². The Morgan fingerprint density at radius 3 is 2.50 bits per heavy atom. The van der Waals surface area contributed by atoms with Crippen molar-refractivity contribution >= 4 is 22.8 Å². The van der Waals surface area contributed by atoms with Gasteiger partial charge >= 0.3 is 0 Å². The Balaban J connectivity index is 2.40. The number of hydrogen-bond donors (Lipinski definition) is 2. The van der Waals surface area contributed by atoms with Crippen molar-refractivity contribution in [3.63, 3.8) is 0 Å². The van der Waals surface area contributed by atoms with Gasteiger partial charge in [0, 0.05) is 24.3 Å². The van der Waals surface area contributed by atoms with Gasteiger partial charge in [-0.3, -0.25) is 14.4 Å². The number of amides is 1. The van der Waals surface area contributed by atoms with Crippen LogP contribution in [0.5, 0.6) is 11.5 Å². The number of benzene rings is 1. The molecule has 1 amide bonds. The summed E-state index contributed by atoms with van der Waals surface area (Å²) in [5.41, 5.74) is 7.63. The summed E-state index contributed by atoms with van der Waals surface area (Å²) in [6.07, 6.45) is 4.08. The molecule has 132 valence electrons. The van der Waals surface area contributed by atoms with Gasteiger partial charge in [0.15, 0.2) is 0 Å². The van der Waals surface area contributed by atoms with E-state index in [-0.39, 0.29) is 17.9 Å². The van der Waals surface area contributed by atoms with Crippen molar-refractivity contribution in [1.29, 1.82) is 0 Å². The van der Waals surface area contributed by atoms with Crippen LogP contribution in [0.4, 0.5) is 0 Å². The highest BCUT2D eigenvalue weighted by molar-refractivity contribution is 7.84. The van der Waals surface area contributed by atoms with Crippen molar-refractivity contribution in [2.24, 2.45) is 5.92 Å². The smallest absolute Gasteiger partial charge is 0.234 e. The fraction of sp³-hybridized carbons (Fsp3) is 0.471. The van der Waals surface area contributed by atoms with E-state index in [1.54, 1.807) is 26.5 Å². The highest BCUT2D eigenvalue weighted by atomic mass is 32.2. The molecule has 0 saturated carbocycles. The largest absolute Gasteiger partial charge is 0.496 e. The lowest BCUT2D eigenvalue weighted by Gasteiger charge is -2.31. The van der Waals surface area contributed by atoms with E-state index in [9.17, 15) is 9.00 Å². The molecule has 3 atom stereocenters. The van der Waals surface area contributed by atoms with Crippen LogP contribution in [-0.4, -0.2) is 36.6 Å². The molecule has 1 saturated heterocycles. The molecule has 7 heteroatoms. The zero-order valence-corrected chi connectivity index (χ0v) is 15.5. The van der Waals surface area contributed by atoms with Crippen molar-refractivity contribution in [3.8, 4) is 11.5 Å². The summed E-state index contributed by atoms with van der Waals surface area (Å²) < 4.78 is 22.7. The predicted molar refractivity (Wildman–Crippen MR) is 94.4 cm³/mol. The third-order valence-electron chi connectivity index (χ3n) is 4.14. The molecular weight excluding hydrogens is 328 g/mol. The SMILES string of the molecule is COc1cc(S(C)=O)c(OC)cc1/C=C(\C)C1NNC(=O)CC1C. The Hall–Kier alpha value is -1.86. The minimum absolute atomic E-state index is 0.000535. The lowest BCUT2D eigenvalue weighted by atomic mass is 9.90. The molecule has 1 aromatic rings. The third kappa shape index (κ3) is 3.96. The van der Waals surface area contributed by atoms with Crippen molar-refractivity contribution < 1.29 is 18.5 Å². The number of hydrogen-bond acceptors (Lipinski definition) is 5. The number of methoxy groups -OCH3 is 2. The van der Waals surface area contributed by atoms with Gasteiger partial charge in [-0.1, -0.05) is 18.6 Å². The minimum atomic E-state index is -1.17. The summed E-state index contributed by atoms with van der Waals surface area (Å²) in [7, 11) is 1.96. The summed E-state index contributed by atoms with van der Waals surface area (Å²) in [6, 6.07) is 3.61. The van der Waals surface area contributed by atoms with Gasteiger partial charge in [0.05, 0.1) is 36.0 Å². The first kappa shape index (κ1) is 18.5. The quantitative estimate of drug-likeness (QED) is 0.846. The lowest BCUT2D eigenvalue weighted by Crippen LogP contribution is -2.53. The fourth-order valence-electron chi connectivity index (χ4n) is 2.89. The van der Waals surface area contributed by atoms with E-state index in [0.29, 0.717) is 22.8 Å². The Labute approximate surface area is 145 Å². The third-order valence-corrected chi connectivity index (χ3v) is 5.08. The number of hydrazine groups is 1. The summed E-state index contributed by atoms with van der Waals surface area (Å²) in [5.74, 6) is 1.38. The fourth-order valence-corrected chi connectivity index (χ4v) is 3.59. The second-order valence-electron chi connectivity index (χ2n) is 5.94. The molecule has 0 aliphatic carbocycles. The summed E-state index contributed by atoms with van der Waals surface area (Å²) in [4.78, 5) is 12.0. The van der Waals surface area contributed by atoms with Crippen LogP contribution >= 0.6 is 0 Å². The molecule has 1 aliphatic rings. The molecule has 1 aromatic carbocycles. The Morgan fingerprint density at radius 2 is 1.96 bits per heavy atom. The van der Waals surface area contributed by atoms with E-state index in [4.69, 9.17) is 9.47 Å². The molecule has 2 N–H and O–H groups in total. The van der Waals surface area contributed by atoms with Gasteiger partial charge in [-0.15, -0.1) is 0 Å². The standard InChI is InChI=1S/C17H24N2O4S/c1-10(17-11(2)7-16(20)18-19-17)6-12-8-14(23-4)15(24(5)21)9-13(12)22-3/h6,8-9,11,17,19H,7H2,1-5H3,(H,18,20)/b10-6+. The molecule has 1 aliphatic heterocycles. The van der Waals surface area contributed by atoms with Crippen LogP contribution in [0.2, 0.25) is 0 Å². The van der Waals surface area contributed by atoms with Crippen molar-refractivity contribution in [3.05, 3.63) is 23.3 Å². The van der Waals surface area contributed by atoms with Crippen LogP contribution < -0.4 is 20.3 Å². The number of carbonyl (C=O) groups is 1. The molecule has 2 rings (SSSR count). The molecule has 0 radical (unpaired) electrons. The maximum atomic E-state index is 11.9. The van der Waals surface area contributed by atoms with Crippen molar-refractivity contribution in [2.45, 2.75) is 31.2 Å². The van der Waals surface area contributed by atoms with Crippen LogP contribution in [0, 0.1) is 5.92 Å². The normalized spacial score (nSPS) is 22.7. The molecule has 24 heavy (non-hydrogen) atoms. The zero-order valence-electron chi connectivity index (χ0n) is 14.6. The van der Waals surface area contributed by atoms with Crippen LogP contribution in [0.15, 0.2) is 22.6 Å². The van der Waals surface area contributed by atoms with Crippen molar-refractivity contribution in [2.75, 3.05) is 20.5 Å². The maximum absolute atomic E-state index is 11.9. The van der Waals surface area contributed by atoms with Gasteiger partial charge in [-0.05, 0) is 18.9 Å². The van der Waals surface area contributed by atoms with Gasteiger partial charge in [0.2, 0.25) is 5.91 Å². The Bertz CT molecular complexity index is 687. The second kappa shape index (κ2) is 7.81. The molecule has 1 fully saturated rings. The zero-order chi connectivity index (χ0) is 17.9. The first-order valence-electron chi connectivity index (χ1n) is 7.69. The minimum Gasteiger partial charge on any atom is -0.496 e. The van der Waals surface area contributed by atoms with E-state index in [1.165, 1.54) is 0 Å². The average Bonchev–Trinajstić information content (AvgIpc) is 2.53. The predicted octanol–water partition coefficient (Wildman–Crippen LogP) is 1.87. The highest BCUT2D eigenvalue weighted by Crippen LogP contribution is 2.33. The first-order chi connectivity index (χ1) is 11.4. The van der Waals surface area contributed by atoms with Gasteiger partial charge in [-0.25, -0.2) is 5.43 Å². The van der Waals surface area contributed by atoms with Gasteiger partial charge in [0.1, 0.15) is 11.5 Å². The summed E-state index contributed by atoms with van der Waals surface area (Å²) >= 11 is 0. The molecule has 6 nitrogen and oxygen atoms in total. The lowest BCUT2D eigenvalue weighted by molar-refractivity contribution is -0.125. The summed E-state index contributed by atoms with van der Waals surface area (Å²) in [6.45, 7) is 4.04. The average molecular weight is 352 g/mol. The molecule has 0 bridgehead atoms. The molecular formula is C17H24N2O4S. The number of nitrogens with one attached hydrogen (secondary N) is 2. The number of carbonyl (C=O) groups excluding carboxylic acids is 1. The van der Waals surface area contributed by atoms with Crippen LogP contribution in [0.3, 0.4) is 0 Å². The number of ether oxygens (including phenoxy) is 2. The molecule has 0 aromatic heterocycles. The van der Waals surface area contributed by atoms with Gasteiger partial charge in [0.25, 0.3) is 0 Å². The van der Waals surface area contributed by atoms with Crippen molar-refractivity contribution in [1.82, 2.24) is 10.9 Å². The highest BCUT2D eigenvalue weighted by Gasteiger charge is 2.26. The van der Waals surface area contributed by atoms with E-state index in [1.807, 2.05) is 26.0 Å². The Morgan fingerprint density at radius 1 is 1.29 bits per heavy atom. The van der Waals surface area contributed by atoms with Gasteiger partial charge < -0.3 is 9.47 Å². The van der Waals surface area contributed by atoms with Crippen LogP contribution in [-0.2, 0) is 15.6 Å². The monoisotopic (exact) mass is 352 g/mol. The van der Waals surface area contributed by atoms with Gasteiger partial charge in [-0.2, -0.15) is 0 Å².